The fraction of sp³-hybridized carbons (Fsp3) is 0.182. The summed E-state index contributed by atoms with van der Waals surface area (Å²) in [4.78, 5) is 8.09. The van der Waals surface area contributed by atoms with Gasteiger partial charge in [-0.1, -0.05) is 6.92 Å². The monoisotopic (exact) mass is 249 g/mol. The van der Waals surface area contributed by atoms with Crippen LogP contribution in [-0.4, -0.2) is 19.6 Å². The lowest BCUT2D eigenvalue weighted by molar-refractivity contribution is 0.590. The molecule has 0 radical (unpaired) electrons. The highest BCUT2D eigenvalue weighted by atomic mass is 19.1. The summed E-state index contributed by atoms with van der Waals surface area (Å²) in [6.45, 7) is 1.88. The molecule has 0 aliphatic rings. The molecule has 2 aromatic heterocycles. The number of aryl methyl sites for hydroxylation is 1. The van der Waals surface area contributed by atoms with E-state index in [0.717, 1.165) is 6.07 Å². The number of nitrogen functional groups attached to an aromatic ring is 1. The van der Waals surface area contributed by atoms with Gasteiger partial charge in [0.1, 0.15) is 11.3 Å². The van der Waals surface area contributed by atoms with E-state index in [2.05, 4.69) is 15.1 Å². The zero-order valence-electron chi connectivity index (χ0n) is 9.48. The fourth-order valence-corrected chi connectivity index (χ4v) is 1.85. The molecule has 0 spiro atoms. The van der Waals surface area contributed by atoms with Crippen molar-refractivity contribution < 1.29 is 8.78 Å². The summed E-state index contributed by atoms with van der Waals surface area (Å²) >= 11 is 0. The largest absolute Gasteiger partial charge is 0.368 e. The van der Waals surface area contributed by atoms with E-state index < -0.39 is 11.6 Å². The number of hydrogen-bond acceptors (Lipinski definition) is 4. The number of nitrogens with two attached hydrogens (primary N) is 1. The van der Waals surface area contributed by atoms with Crippen molar-refractivity contribution in [2.45, 2.75) is 13.3 Å². The van der Waals surface area contributed by atoms with E-state index in [1.165, 1.54) is 10.6 Å². The Hall–Kier alpha value is -2.31. The van der Waals surface area contributed by atoms with E-state index in [1.807, 2.05) is 6.92 Å². The summed E-state index contributed by atoms with van der Waals surface area (Å²) < 4.78 is 28.2. The standard InChI is InChI=1S/C11H9F2N5/c1-2-8-15-10-6-3-5(12)4-7(13)9(6)16-11(14)18(10)17-8/h3-4H,2H2,1H3,(H2,14,16). The molecule has 0 aliphatic heterocycles. The van der Waals surface area contributed by atoms with Crippen LogP contribution in [-0.2, 0) is 6.42 Å². The number of fused-ring (bicyclic) bond motifs is 3. The van der Waals surface area contributed by atoms with Gasteiger partial charge in [-0.2, -0.15) is 4.52 Å². The molecular weight excluding hydrogens is 240 g/mol. The Bertz CT molecular complexity index is 765. The first kappa shape index (κ1) is 10.8. The van der Waals surface area contributed by atoms with Crippen LogP contribution in [0.25, 0.3) is 16.6 Å². The maximum atomic E-state index is 13.6. The third kappa shape index (κ3) is 1.40. The Morgan fingerprint density at radius 3 is 2.78 bits per heavy atom. The van der Waals surface area contributed by atoms with E-state index >= 15 is 0 Å². The van der Waals surface area contributed by atoms with Gasteiger partial charge in [0.2, 0.25) is 5.95 Å². The molecule has 0 bridgehead atoms. The Balaban J connectivity index is 2.54. The van der Waals surface area contributed by atoms with Gasteiger partial charge < -0.3 is 5.73 Å². The van der Waals surface area contributed by atoms with Crippen LogP contribution in [0.1, 0.15) is 12.7 Å². The third-order valence-corrected chi connectivity index (χ3v) is 2.68. The number of aromatic nitrogens is 4. The van der Waals surface area contributed by atoms with E-state index in [-0.39, 0.29) is 16.9 Å². The van der Waals surface area contributed by atoms with Crippen LogP contribution < -0.4 is 5.73 Å². The highest BCUT2D eigenvalue weighted by Crippen LogP contribution is 2.23. The molecule has 2 N–H and O–H groups in total. The number of anilines is 1. The second kappa shape index (κ2) is 3.59. The molecule has 7 heteroatoms. The molecule has 0 unspecified atom stereocenters. The van der Waals surface area contributed by atoms with Gasteiger partial charge in [-0.3, -0.25) is 0 Å². The molecule has 0 saturated carbocycles. The van der Waals surface area contributed by atoms with Crippen molar-refractivity contribution in [3.8, 4) is 0 Å². The quantitative estimate of drug-likeness (QED) is 0.712. The second-order valence-electron chi connectivity index (χ2n) is 3.87. The average molecular weight is 249 g/mol. The van der Waals surface area contributed by atoms with Gasteiger partial charge in [-0.15, -0.1) is 5.10 Å². The van der Waals surface area contributed by atoms with Crippen LogP contribution in [0.15, 0.2) is 12.1 Å². The SMILES string of the molecule is CCc1nc2c3cc(F)cc(F)c3nc(N)n2n1. The summed E-state index contributed by atoms with van der Waals surface area (Å²) in [5.41, 5.74) is 6.00. The number of nitrogens with zero attached hydrogens (tertiary/aromatic N) is 4. The minimum absolute atomic E-state index is 0.00328. The smallest absolute Gasteiger partial charge is 0.223 e. The molecule has 18 heavy (non-hydrogen) atoms. The Labute approximate surface area is 100 Å². The van der Waals surface area contributed by atoms with Crippen molar-refractivity contribution >= 4 is 22.5 Å². The summed E-state index contributed by atoms with van der Waals surface area (Å²) in [6.07, 6.45) is 0.598. The molecule has 0 aliphatic carbocycles. The molecule has 3 aromatic rings. The molecule has 0 fully saturated rings. The Morgan fingerprint density at radius 1 is 1.28 bits per heavy atom. The third-order valence-electron chi connectivity index (χ3n) is 2.68. The van der Waals surface area contributed by atoms with Gasteiger partial charge in [0, 0.05) is 12.5 Å². The lowest BCUT2D eigenvalue weighted by atomic mass is 10.2. The van der Waals surface area contributed by atoms with Crippen LogP contribution in [0.4, 0.5) is 14.7 Å². The van der Waals surface area contributed by atoms with Gasteiger partial charge in [0.25, 0.3) is 0 Å². The van der Waals surface area contributed by atoms with Crippen molar-refractivity contribution in [2.24, 2.45) is 0 Å². The highest BCUT2D eigenvalue weighted by molar-refractivity contribution is 5.92. The van der Waals surface area contributed by atoms with Crippen LogP contribution in [0.3, 0.4) is 0 Å². The fourth-order valence-electron chi connectivity index (χ4n) is 1.85. The molecule has 3 rings (SSSR count). The predicted molar refractivity (Wildman–Crippen MR) is 62.0 cm³/mol. The number of halogens is 2. The Kier molecular flexibility index (Phi) is 2.16. The summed E-state index contributed by atoms with van der Waals surface area (Å²) in [5, 5.41) is 4.37. The van der Waals surface area contributed by atoms with Crippen molar-refractivity contribution in [1.29, 1.82) is 0 Å². The van der Waals surface area contributed by atoms with Crippen molar-refractivity contribution in [1.82, 2.24) is 19.6 Å². The maximum absolute atomic E-state index is 13.6. The Morgan fingerprint density at radius 2 is 2.06 bits per heavy atom. The van der Waals surface area contributed by atoms with E-state index in [4.69, 9.17) is 5.73 Å². The molecule has 2 heterocycles. The minimum Gasteiger partial charge on any atom is -0.368 e. The molecule has 5 nitrogen and oxygen atoms in total. The summed E-state index contributed by atoms with van der Waals surface area (Å²) in [6, 6.07) is 1.94. The van der Waals surface area contributed by atoms with Crippen LogP contribution in [0.5, 0.6) is 0 Å². The number of rotatable bonds is 1. The molecule has 92 valence electrons. The van der Waals surface area contributed by atoms with Gasteiger partial charge in [0.15, 0.2) is 17.3 Å². The summed E-state index contributed by atoms with van der Waals surface area (Å²) in [7, 11) is 0. The molecule has 0 atom stereocenters. The molecular formula is C11H9F2N5. The topological polar surface area (TPSA) is 69.1 Å². The van der Waals surface area contributed by atoms with Crippen LogP contribution in [0.2, 0.25) is 0 Å². The first-order valence-corrected chi connectivity index (χ1v) is 5.40. The van der Waals surface area contributed by atoms with Crippen LogP contribution in [0, 0.1) is 11.6 Å². The summed E-state index contributed by atoms with van der Waals surface area (Å²) in [5.74, 6) is -0.884. The maximum Gasteiger partial charge on any atom is 0.223 e. The number of hydrogen-bond donors (Lipinski definition) is 1. The molecule has 0 saturated heterocycles. The van der Waals surface area contributed by atoms with E-state index in [0.29, 0.717) is 17.9 Å². The lowest BCUT2D eigenvalue weighted by Crippen LogP contribution is -2.04. The van der Waals surface area contributed by atoms with Gasteiger partial charge in [-0.25, -0.2) is 18.7 Å². The predicted octanol–water partition coefficient (Wildman–Crippen LogP) is 1.70. The average Bonchev–Trinajstić information content (AvgIpc) is 2.76. The van der Waals surface area contributed by atoms with Crippen LogP contribution >= 0.6 is 0 Å². The number of benzene rings is 1. The van der Waals surface area contributed by atoms with E-state index in [9.17, 15) is 8.78 Å². The minimum atomic E-state index is -0.764. The molecule has 1 aromatic carbocycles. The van der Waals surface area contributed by atoms with E-state index in [1.54, 1.807) is 0 Å². The van der Waals surface area contributed by atoms with Gasteiger partial charge in [0.05, 0.1) is 5.39 Å². The zero-order valence-corrected chi connectivity index (χ0v) is 9.48. The van der Waals surface area contributed by atoms with Gasteiger partial charge >= 0.3 is 0 Å². The van der Waals surface area contributed by atoms with Crippen molar-refractivity contribution in [3.63, 3.8) is 0 Å². The zero-order chi connectivity index (χ0) is 12.9. The lowest BCUT2D eigenvalue weighted by Gasteiger charge is -2.03. The van der Waals surface area contributed by atoms with Crippen molar-refractivity contribution in [2.75, 3.05) is 5.73 Å². The normalized spacial score (nSPS) is 11.5. The van der Waals surface area contributed by atoms with Crippen molar-refractivity contribution in [3.05, 3.63) is 29.6 Å². The highest BCUT2D eigenvalue weighted by Gasteiger charge is 2.14. The first-order chi connectivity index (χ1) is 8.60. The van der Waals surface area contributed by atoms with Gasteiger partial charge in [-0.05, 0) is 6.07 Å². The second-order valence-corrected chi connectivity index (χ2v) is 3.87. The first-order valence-electron chi connectivity index (χ1n) is 5.40. The molecule has 0 amide bonds.